The standard InChI is InChI=1S/C21H26N4O3S/c1-13-11-23-20(12-22-13)21(26)24-17-5-7-18(8-6-17)29(27,28)25-14(2)19-10-15-3-4-16(19)9-15/h5-8,11-12,14-16,19,25H,3-4,9-10H2,1-2H3,(H,24,26)/t14-,15+,16+,19+/m1/s1. The number of nitrogens with one attached hydrogen (secondary N) is 2. The highest BCUT2D eigenvalue weighted by Gasteiger charge is 2.42. The summed E-state index contributed by atoms with van der Waals surface area (Å²) < 4.78 is 28.4. The summed E-state index contributed by atoms with van der Waals surface area (Å²) >= 11 is 0. The lowest BCUT2D eigenvalue weighted by molar-refractivity contribution is 0.102. The lowest BCUT2D eigenvalue weighted by atomic mass is 9.84. The Morgan fingerprint density at radius 3 is 2.45 bits per heavy atom. The fourth-order valence-corrected chi connectivity index (χ4v) is 6.02. The van der Waals surface area contributed by atoms with E-state index >= 15 is 0 Å². The van der Waals surface area contributed by atoms with Crippen molar-refractivity contribution in [3.05, 3.63) is 48.0 Å². The van der Waals surface area contributed by atoms with Gasteiger partial charge in [0.05, 0.1) is 16.8 Å². The van der Waals surface area contributed by atoms with Gasteiger partial charge in [0.2, 0.25) is 10.0 Å². The van der Waals surface area contributed by atoms with E-state index < -0.39 is 15.9 Å². The third kappa shape index (κ3) is 4.33. The van der Waals surface area contributed by atoms with Gasteiger partial charge in [-0.2, -0.15) is 0 Å². The van der Waals surface area contributed by atoms with Gasteiger partial charge < -0.3 is 5.32 Å². The number of fused-ring (bicyclic) bond motifs is 2. The summed E-state index contributed by atoms with van der Waals surface area (Å²) in [5.41, 5.74) is 1.43. The summed E-state index contributed by atoms with van der Waals surface area (Å²) in [6.07, 6.45) is 7.82. The summed E-state index contributed by atoms with van der Waals surface area (Å²) in [5, 5.41) is 2.70. The van der Waals surface area contributed by atoms with Crippen LogP contribution in [0.15, 0.2) is 41.6 Å². The monoisotopic (exact) mass is 414 g/mol. The molecule has 2 aromatic rings. The molecule has 2 bridgehead atoms. The maximum atomic E-state index is 12.8. The number of hydrogen-bond acceptors (Lipinski definition) is 5. The average Bonchev–Trinajstić information content (AvgIpc) is 3.32. The molecule has 1 heterocycles. The van der Waals surface area contributed by atoms with E-state index in [0.29, 0.717) is 17.5 Å². The minimum Gasteiger partial charge on any atom is -0.321 e. The maximum Gasteiger partial charge on any atom is 0.275 e. The van der Waals surface area contributed by atoms with Crippen LogP contribution >= 0.6 is 0 Å². The number of amides is 1. The van der Waals surface area contributed by atoms with Gasteiger partial charge in [0.25, 0.3) is 5.91 Å². The van der Waals surface area contributed by atoms with Gasteiger partial charge in [0.1, 0.15) is 5.69 Å². The highest BCUT2D eigenvalue weighted by molar-refractivity contribution is 7.89. The molecule has 0 aliphatic heterocycles. The highest BCUT2D eigenvalue weighted by atomic mass is 32.2. The lowest BCUT2D eigenvalue weighted by Crippen LogP contribution is -2.40. The molecular formula is C21H26N4O3S. The zero-order valence-corrected chi connectivity index (χ0v) is 17.4. The van der Waals surface area contributed by atoms with Crippen LogP contribution in [0, 0.1) is 24.7 Å². The quantitative estimate of drug-likeness (QED) is 0.756. The topological polar surface area (TPSA) is 101 Å². The van der Waals surface area contributed by atoms with E-state index in [1.165, 1.54) is 43.8 Å². The molecule has 1 aromatic heterocycles. The number of nitrogens with zero attached hydrogens (tertiary/aromatic N) is 2. The van der Waals surface area contributed by atoms with Gasteiger partial charge in [0, 0.05) is 17.9 Å². The zero-order valence-electron chi connectivity index (χ0n) is 16.6. The van der Waals surface area contributed by atoms with Crippen LogP contribution in [0.4, 0.5) is 5.69 Å². The molecule has 2 saturated carbocycles. The van der Waals surface area contributed by atoms with Crippen molar-refractivity contribution >= 4 is 21.6 Å². The molecule has 0 spiro atoms. The molecule has 0 saturated heterocycles. The number of carbonyl (C=O) groups is 1. The van der Waals surface area contributed by atoms with Crippen molar-refractivity contribution in [3.63, 3.8) is 0 Å². The van der Waals surface area contributed by atoms with Crippen LogP contribution in [-0.2, 0) is 10.0 Å². The summed E-state index contributed by atoms with van der Waals surface area (Å²) in [7, 11) is -3.60. The van der Waals surface area contributed by atoms with E-state index in [1.807, 2.05) is 6.92 Å². The van der Waals surface area contributed by atoms with Crippen molar-refractivity contribution in [3.8, 4) is 0 Å². The van der Waals surface area contributed by atoms with Crippen molar-refractivity contribution in [1.82, 2.24) is 14.7 Å². The first kappa shape index (κ1) is 20.0. The Labute approximate surface area is 171 Å². The van der Waals surface area contributed by atoms with Gasteiger partial charge in [-0.15, -0.1) is 0 Å². The number of aromatic nitrogens is 2. The molecule has 2 aliphatic carbocycles. The van der Waals surface area contributed by atoms with Gasteiger partial charge in [-0.1, -0.05) is 6.42 Å². The Morgan fingerprint density at radius 1 is 1.10 bits per heavy atom. The van der Waals surface area contributed by atoms with E-state index in [9.17, 15) is 13.2 Å². The van der Waals surface area contributed by atoms with Crippen LogP contribution < -0.4 is 10.0 Å². The second-order valence-corrected chi connectivity index (χ2v) is 9.98. The fourth-order valence-electron chi connectivity index (χ4n) is 4.73. The summed E-state index contributed by atoms with van der Waals surface area (Å²) in [6, 6.07) is 6.10. The Kier molecular flexibility index (Phi) is 5.40. The maximum absolute atomic E-state index is 12.8. The van der Waals surface area contributed by atoms with Crippen molar-refractivity contribution < 1.29 is 13.2 Å². The largest absolute Gasteiger partial charge is 0.321 e. The zero-order chi connectivity index (χ0) is 20.6. The van der Waals surface area contributed by atoms with E-state index in [0.717, 1.165) is 18.0 Å². The van der Waals surface area contributed by atoms with Crippen LogP contribution in [0.25, 0.3) is 0 Å². The van der Waals surface area contributed by atoms with Crippen LogP contribution in [-0.4, -0.2) is 30.3 Å². The van der Waals surface area contributed by atoms with Gasteiger partial charge >= 0.3 is 0 Å². The van der Waals surface area contributed by atoms with E-state index in [-0.39, 0.29) is 16.6 Å². The second kappa shape index (κ2) is 7.84. The predicted molar refractivity (Wildman–Crippen MR) is 110 cm³/mol. The van der Waals surface area contributed by atoms with Gasteiger partial charge in [0.15, 0.2) is 0 Å². The molecule has 0 unspecified atom stereocenters. The molecule has 4 rings (SSSR count). The molecule has 1 amide bonds. The molecule has 29 heavy (non-hydrogen) atoms. The minimum atomic E-state index is -3.60. The SMILES string of the molecule is Cc1cnc(C(=O)Nc2ccc(S(=O)(=O)N[C@H](C)[C@@H]3C[C@H]4CC[C@H]3C4)cc2)cn1. The Morgan fingerprint density at radius 2 is 1.86 bits per heavy atom. The van der Waals surface area contributed by atoms with Crippen molar-refractivity contribution in [1.29, 1.82) is 0 Å². The molecule has 154 valence electrons. The Balaban J connectivity index is 1.40. The first-order valence-electron chi connectivity index (χ1n) is 10.0. The fraction of sp³-hybridized carbons (Fsp3) is 0.476. The first-order chi connectivity index (χ1) is 13.8. The van der Waals surface area contributed by atoms with E-state index in [2.05, 4.69) is 20.0 Å². The number of sulfonamides is 1. The summed E-state index contributed by atoms with van der Waals surface area (Å²) in [4.78, 5) is 20.5. The van der Waals surface area contributed by atoms with Gasteiger partial charge in [-0.25, -0.2) is 18.1 Å². The second-order valence-electron chi connectivity index (χ2n) is 8.27. The molecule has 0 radical (unpaired) electrons. The molecule has 2 aliphatic rings. The van der Waals surface area contributed by atoms with Crippen molar-refractivity contribution in [2.75, 3.05) is 5.32 Å². The number of anilines is 1. The molecule has 4 atom stereocenters. The third-order valence-electron chi connectivity index (χ3n) is 6.21. The first-order valence-corrected chi connectivity index (χ1v) is 11.5. The van der Waals surface area contributed by atoms with Crippen molar-refractivity contribution in [2.45, 2.75) is 50.5 Å². The Hall–Kier alpha value is -2.32. The molecule has 8 heteroatoms. The van der Waals surface area contributed by atoms with Crippen LogP contribution in [0.5, 0.6) is 0 Å². The smallest absolute Gasteiger partial charge is 0.275 e. The molecule has 7 nitrogen and oxygen atoms in total. The number of hydrogen-bond donors (Lipinski definition) is 2. The number of rotatable bonds is 6. The number of benzene rings is 1. The molecule has 1 aromatic carbocycles. The van der Waals surface area contributed by atoms with E-state index in [1.54, 1.807) is 19.1 Å². The highest BCUT2D eigenvalue weighted by Crippen LogP contribution is 2.49. The Bertz CT molecular complexity index is 990. The van der Waals surface area contributed by atoms with E-state index in [4.69, 9.17) is 0 Å². The van der Waals surface area contributed by atoms with Crippen molar-refractivity contribution in [2.24, 2.45) is 17.8 Å². The molecule has 2 N–H and O–H groups in total. The molecular weight excluding hydrogens is 388 g/mol. The summed E-state index contributed by atoms with van der Waals surface area (Å²) in [6.45, 7) is 3.76. The third-order valence-corrected chi connectivity index (χ3v) is 7.79. The molecule has 2 fully saturated rings. The average molecular weight is 415 g/mol. The summed E-state index contributed by atoms with van der Waals surface area (Å²) in [5.74, 6) is 1.46. The van der Waals surface area contributed by atoms with Crippen LogP contribution in [0.2, 0.25) is 0 Å². The normalized spacial score (nSPS) is 24.4. The predicted octanol–water partition coefficient (Wildman–Crippen LogP) is 3.14. The number of aryl methyl sites for hydroxylation is 1. The van der Waals surface area contributed by atoms with Gasteiger partial charge in [-0.3, -0.25) is 9.78 Å². The number of carbonyl (C=O) groups excluding carboxylic acids is 1. The van der Waals surface area contributed by atoms with Crippen LogP contribution in [0.3, 0.4) is 0 Å². The lowest BCUT2D eigenvalue weighted by Gasteiger charge is -2.28. The minimum absolute atomic E-state index is 0.0743. The van der Waals surface area contributed by atoms with Crippen LogP contribution in [0.1, 0.15) is 48.8 Å². The van der Waals surface area contributed by atoms with Gasteiger partial charge in [-0.05, 0) is 75.1 Å².